The summed E-state index contributed by atoms with van der Waals surface area (Å²) in [5, 5.41) is 0. The van der Waals surface area contributed by atoms with E-state index in [1.165, 1.54) is 17.7 Å². The topological polar surface area (TPSA) is 12.5 Å². The summed E-state index contributed by atoms with van der Waals surface area (Å²) in [6.07, 6.45) is 3.45. The number of hydrogen-bond acceptors (Lipinski definition) is 2. The molecule has 0 spiro atoms. The molecule has 3 rings (SSSR count). The number of nitrogens with zero attached hydrogens (tertiary/aromatic N) is 1. The third-order valence-corrected chi connectivity index (χ3v) is 5.08. The fraction of sp³-hybridized carbons (Fsp3) is 0.455. The summed E-state index contributed by atoms with van der Waals surface area (Å²) in [6.45, 7) is 8.98. The zero-order chi connectivity index (χ0) is 17.0. The van der Waals surface area contributed by atoms with E-state index in [-0.39, 0.29) is 5.54 Å². The molecule has 2 heteroatoms. The van der Waals surface area contributed by atoms with Gasteiger partial charge in [-0.1, -0.05) is 43.3 Å². The molecular formula is C22H29NO. The maximum absolute atomic E-state index is 5.82. The number of anilines is 1. The quantitative estimate of drug-likeness (QED) is 0.638. The van der Waals surface area contributed by atoms with Crippen molar-refractivity contribution < 1.29 is 4.74 Å². The first kappa shape index (κ1) is 16.9. The van der Waals surface area contributed by atoms with Gasteiger partial charge in [0.15, 0.2) is 0 Å². The predicted octanol–water partition coefficient (Wildman–Crippen LogP) is 5.64. The van der Waals surface area contributed by atoms with Crippen LogP contribution >= 0.6 is 0 Å². The van der Waals surface area contributed by atoms with Crippen molar-refractivity contribution in [2.24, 2.45) is 0 Å². The lowest BCUT2D eigenvalue weighted by atomic mass is 9.80. The number of unbranched alkanes of at least 4 members (excludes halogenated alkanes) is 1. The second-order valence-electron chi connectivity index (χ2n) is 7.50. The Bertz CT molecular complexity index is 650. The molecule has 2 aromatic rings. The Labute approximate surface area is 146 Å². The number of para-hydroxylation sites is 2. The molecule has 0 radical (unpaired) electrons. The van der Waals surface area contributed by atoms with Gasteiger partial charge in [-0.05, 0) is 62.8 Å². The van der Waals surface area contributed by atoms with Gasteiger partial charge in [0.2, 0.25) is 0 Å². The lowest BCUT2D eigenvalue weighted by Gasteiger charge is -2.47. The highest BCUT2D eigenvalue weighted by Crippen LogP contribution is 2.43. The number of hydrogen-bond donors (Lipinski definition) is 0. The van der Waals surface area contributed by atoms with Crippen LogP contribution in [0, 0.1) is 0 Å². The Balaban J connectivity index is 1.57. The summed E-state index contributed by atoms with van der Waals surface area (Å²) in [5.41, 5.74) is 3.14. The monoisotopic (exact) mass is 323 g/mol. The average Bonchev–Trinajstić information content (AvgIpc) is 2.57. The van der Waals surface area contributed by atoms with Crippen LogP contribution in [0.2, 0.25) is 0 Å². The van der Waals surface area contributed by atoms with E-state index in [0.717, 1.165) is 31.7 Å². The van der Waals surface area contributed by atoms with Gasteiger partial charge < -0.3 is 9.64 Å². The lowest BCUT2D eigenvalue weighted by Crippen LogP contribution is -2.48. The van der Waals surface area contributed by atoms with Crippen LogP contribution in [0.5, 0.6) is 5.75 Å². The van der Waals surface area contributed by atoms with Crippen LogP contribution in [0.3, 0.4) is 0 Å². The van der Waals surface area contributed by atoms with Crippen molar-refractivity contribution in [2.45, 2.75) is 51.5 Å². The van der Waals surface area contributed by atoms with Crippen LogP contribution in [0.4, 0.5) is 5.69 Å². The minimum Gasteiger partial charge on any atom is -0.494 e. The van der Waals surface area contributed by atoms with Crippen molar-refractivity contribution in [3.63, 3.8) is 0 Å². The van der Waals surface area contributed by atoms with Gasteiger partial charge in [0.1, 0.15) is 5.75 Å². The van der Waals surface area contributed by atoms with Gasteiger partial charge in [-0.3, -0.25) is 0 Å². The van der Waals surface area contributed by atoms with Crippen molar-refractivity contribution >= 4 is 5.69 Å². The molecule has 0 N–H and O–H groups in total. The Morgan fingerprint density at radius 1 is 1.00 bits per heavy atom. The molecule has 0 aliphatic carbocycles. The van der Waals surface area contributed by atoms with Crippen molar-refractivity contribution in [1.82, 2.24) is 0 Å². The van der Waals surface area contributed by atoms with Gasteiger partial charge in [-0.2, -0.15) is 0 Å². The molecule has 0 saturated heterocycles. The van der Waals surface area contributed by atoms with Crippen LogP contribution in [-0.4, -0.2) is 18.7 Å². The molecule has 0 aromatic heterocycles. The first-order valence-electron chi connectivity index (χ1n) is 9.12. The molecule has 0 bridgehead atoms. The van der Waals surface area contributed by atoms with E-state index in [0.29, 0.717) is 5.92 Å². The molecule has 1 aliphatic rings. The van der Waals surface area contributed by atoms with E-state index in [1.54, 1.807) is 0 Å². The summed E-state index contributed by atoms with van der Waals surface area (Å²) >= 11 is 0. The highest BCUT2D eigenvalue weighted by Gasteiger charge is 2.35. The van der Waals surface area contributed by atoms with Gasteiger partial charge in [-0.25, -0.2) is 0 Å². The number of rotatable bonds is 6. The van der Waals surface area contributed by atoms with Crippen LogP contribution in [-0.2, 0) is 0 Å². The van der Waals surface area contributed by atoms with Crippen LogP contribution in [0.1, 0.15) is 51.5 Å². The van der Waals surface area contributed by atoms with E-state index in [1.807, 2.05) is 30.3 Å². The smallest absolute Gasteiger partial charge is 0.119 e. The normalized spacial score (nSPS) is 19.0. The summed E-state index contributed by atoms with van der Waals surface area (Å²) in [5.74, 6) is 1.60. The summed E-state index contributed by atoms with van der Waals surface area (Å²) < 4.78 is 5.82. The molecule has 24 heavy (non-hydrogen) atoms. The Morgan fingerprint density at radius 2 is 1.71 bits per heavy atom. The van der Waals surface area contributed by atoms with E-state index in [2.05, 4.69) is 49.9 Å². The zero-order valence-electron chi connectivity index (χ0n) is 15.2. The third-order valence-electron chi connectivity index (χ3n) is 5.08. The maximum atomic E-state index is 5.82. The van der Waals surface area contributed by atoms with E-state index >= 15 is 0 Å². The molecular weight excluding hydrogens is 294 g/mol. The number of benzene rings is 2. The molecule has 0 fully saturated rings. The minimum atomic E-state index is 0.216. The summed E-state index contributed by atoms with van der Waals surface area (Å²) in [7, 11) is 0. The van der Waals surface area contributed by atoms with E-state index in [9.17, 15) is 0 Å². The van der Waals surface area contributed by atoms with Crippen LogP contribution in [0.25, 0.3) is 0 Å². The van der Waals surface area contributed by atoms with Gasteiger partial charge >= 0.3 is 0 Å². The Morgan fingerprint density at radius 3 is 2.50 bits per heavy atom. The molecule has 128 valence electrons. The van der Waals surface area contributed by atoms with Gasteiger partial charge in [0.05, 0.1) is 6.61 Å². The first-order valence-corrected chi connectivity index (χ1v) is 9.12. The zero-order valence-corrected chi connectivity index (χ0v) is 15.2. The summed E-state index contributed by atoms with van der Waals surface area (Å²) in [4.78, 5) is 2.60. The minimum absolute atomic E-state index is 0.216. The molecule has 1 aliphatic heterocycles. The fourth-order valence-corrected chi connectivity index (χ4v) is 3.95. The van der Waals surface area contributed by atoms with Crippen LogP contribution < -0.4 is 9.64 Å². The standard InChI is InChI=1S/C22H29NO/c1-18-17-22(2,3)23(21-14-8-7-13-20(18)21)15-9-10-16-24-19-11-5-4-6-12-19/h4-8,11-14,18H,9-10,15-17H2,1-3H3. The number of ether oxygens (including phenoxy) is 1. The highest BCUT2D eigenvalue weighted by atomic mass is 16.5. The molecule has 0 saturated carbocycles. The Hall–Kier alpha value is -1.96. The molecule has 2 aromatic carbocycles. The second kappa shape index (κ2) is 7.29. The molecule has 1 atom stereocenters. The van der Waals surface area contributed by atoms with E-state index < -0.39 is 0 Å². The third kappa shape index (κ3) is 3.75. The lowest BCUT2D eigenvalue weighted by molar-refractivity contribution is 0.302. The predicted molar refractivity (Wildman–Crippen MR) is 102 cm³/mol. The number of fused-ring (bicyclic) bond motifs is 1. The fourth-order valence-electron chi connectivity index (χ4n) is 3.95. The first-order chi connectivity index (χ1) is 11.6. The van der Waals surface area contributed by atoms with E-state index in [4.69, 9.17) is 4.74 Å². The summed E-state index contributed by atoms with van der Waals surface area (Å²) in [6, 6.07) is 19.0. The van der Waals surface area contributed by atoms with Crippen molar-refractivity contribution in [1.29, 1.82) is 0 Å². The second-order valence-corrected chi connectivity index (χ2v) is 7.50. The average molecular weight is 323 g/mol. The maximum Gasteiger partial charge on any atom is 0.119 e. The molecule has 1 heterocycles. The molecule has 2 nitrogen and oxygen atoms in total. The Kier molecular flexibility index (Phi) is 5.13. The van der Waals surface area contributed by atoms with Crippen molar-refractivity contribution in [2.75, 3.05) is 18.1 Å². The van der Waals surface area contributed by atoms with Gasteiger partial charge in [-0.15, -0.1) is 0 Å². The van der Waals surface area contributed by atoms with Gasteiger partial charge in [0.25, 0.3) is 0 Å². The SMILES string of the molecule is CC1CC(C)(C)N(CCCCOc2ccccc2)c2ccccc21. The highest BCUT2D eigenvalue weighted by molar-refractivity contribution is 5.59. The molecule has 1 unspecified atom stereocenters. The van der Waals surface area contributed by atoms with Crippen molar-refractivity contribution in [3.05, 3.63) is 60.2 Å². The van der Waals surface area contributed by atoms with Crippen molar-refractivity contribution in [3.8, 4) is 5.75 Å². The largest absolute Gasteiger partial charge is 0.494 e. The molecule has 0 amide bonds. The van der Waals surface area contributed by atoms with Crippen LogP contribution in [0.15, 0.2) is 54.6 Å². The van der Waals surface area contributed by atoms with Gasteiger partial charge in [0, 0.05) is 17.8 Å².